The largest absolute Gasteiger partial charge is 0.215 e. The molecule has 0 saturated carbocycles. The van der Waals surface area contributed by atoms with Gasteiger partial charge in [0.1, 0.15) is 0 Å². The average molecular weight is 205 g/mol. The maximum Gasteiger partial charge on any atom is 0.214 e. The van der Waals surface area contributed by atoms with Crippen molar-refractivity contribution < 1.29 is 8.42 Å². The van der Waals surface area contributed by atoms with Crippen molar-refractivity contribution in [3.05, 3.63) is 0 Å². The van der Waals surface area contributed by atoms with Crippen LogP contribution in [0.1, 0.15) is 40.0 Å². The van der Waals surface area contributed by atoms with Gasteiger partial charge in [-0.1, -0.05) is 20.8 Å². The first-order chi connectivity index (χ1) is 5.81. The molecule has 1 unspecified atom stereocenters. The lowest BCUT2D eigenvalue weighted by atomic mass is 9.89. The van der Waals surface area contributed by atoms with Crippen molar-refractivity contribution in [3.63, 3.8) is 0 Å². The monoisotopic (exact) mass is 205 g/mol. The molecule has 0 aromatic carbocycles. The Hall–Kier alpha value is -0.0900. The first-order valence-corrected chi connectivity index (χ1v) is 6.34. The molecule has 0 aromatic heterocycles. The Morgan fingerprint density at radius 1 is 1.38 bits per heavy atom. The summed E-state index contributed by atoms with van der Waals surface area (Å²) in [5.41, 5.74) is 0.0940. The molecule has 0 aliphatic carbocycles. The van der Waals surface area contributed by atoms with Crippen molar-refractivity contribution in [1.82, 2.24) is 4.72 Å². The normalized spacial score (nSPS) is 28.7. The van der Waals surface area contributed by atoms with Gasteiger partial charge in [-0.25, -0.2) is 13.1 Å². The highest BCUT2D eigenvalue weighted by Gasteiger charge is 2.31. The molecule has 0 spiro atoms. The predicted molar refractivity (Wildman–Crippen MR) is 54.0 cm³/mol. The van der Waals surface area contributed by atoms with Gasteiger partial charge in [0.15, 0.2) is 0 Å². The fourth-order valence-corrected chi connectivity index (χ4v) is 3.57. The van der Waals surface area contributed by atoms with E-state index in [0.29, 0.717) is 6.54 Å². The molecule has 3 nitrogen and oxygen atoms in total. The van der Waals surface area contributed by atoms with Gasteiger partial charge in [-0.3, -0.25) is 0 Å². The molecule has 1 aliphatic heterocycles. The Balaban J connectivity index is 2.68. The summed E-state index contributed by atoms with van der Waals surface area (Å²) in [4.78, 5) is 0. The van der Waals surface area contributed by atoms with E-state index in [4.69, 9.17) is 0 Å². The molecule has 1 atom stereocenters. The second-order valence-corrected chi connectivity index (χ2v) is 7.01. The van der Waals surface area contributed by atoms with Crippen molar-refractivity contribution in [2.75, 3.05) is 6.54 Å². The van der Waals surface area contributed by atoms with Crippen LogP contribution in [0.4, 0.5) is 0 Å². The van der Waals surface area contributed by atoms with Gasteiger partial charge in [-0.2, -0.15) is 0 Å². The molecule has 1 heterocycles. The van der Waals surface area contributed by atoms with Crippen molar-refractivity contribution in [2.24, 2.45) is 5.41 Å². The Labute approximate surface area is 81.0 Å². The fourth-order valence-electron chi connectivity index (χ4n) is 1.71. The van der Waals surface area contributed by atoms with Gasteiger partial charge in [-0.05, 0) is 24.7 Å². The van der Waals surface area contributed by atoms with Crippen LogP contribution in [0.25, 0.3) is 0 Å². The second-order valence-electron chi connectivity index (χ2n) is 4.97. The van der Waals surface area contributed by atoms with Crippen molar-refractivity contribution in [2.45, 2.75) is 45.3 Å². The van der Waals surface area contributed by atoms with Crippen LogP contribution < -0.4 is 4.72 Å². The predicted octanol–water partition coefficient (Wildman–Crippen LogP) is 1.50. The molecule has 1 N–H and O–H groups in total. The van der Waals surface area contributed by atoms with Crippen molar-refractivity contribution >= 4 is 10.0 Å². The van der Waals surface area contributed by atoms with Gasteiger partial charge in [0, 0.05) is 6.54 Å². The van der Waals surface area contributed by atoms with Gasteiger partial charge in [0.2, 0.25) is 10.0 Å². The van der Waals surface area contributed by atoms with Crippen LogP contribution >= 0.6 is 0 Å². The Kier molecular flexibility index (Phi) is 3.02. The highest BCUT2D eigenvalue weighted by molar-refractivity contribution is 7.90. The molecule has 1 fully saturated rings. The van der Waals surface area contributed by atoms with E-state index < -0.39 is 10.0 Å². The van der Waals surface area contributed by atoms with Crippen LogP contribution in [-0.4, -0.2) is 20.2 Å². The first-order valence-electron chi connectivity index (χ1n) is 4.80. The number of sulfonamides is 1. The quantitative estimate of drug-likeness (QED) is 0.705. The van der Waals surface area contributed by atoms with Crippen LogP contribution in [0.5, 0.6) is 0 Å². The minimum Gasteiger partial charge on any atom is -0.215 e. The van der Waals surface area contributed by atoms with E-state index in [9.17, 15) is 8.42 Å². The topological polar surface area (TPSA) is 46.2 Å². The highest BCUT2D eigenvalue weighted by Crippen LogP contribution is 2.27. The fraction of sp³-hybridized carbons (Fsp3) is 1.00. The van der Waals surface area contributed by atoms with E-state index in [0.717, 1.165) is 19.3 Å². The molecule has 1 aliphatic rings. The SMILES string of the molecule is CC(C)(C)CC1CCCNS1(=O)=O. The summed E-state index contributed by atoms with van der Waals surface area (Å²) >= 11 is 0. The van der Waals surface area contributed by atoms with Gasteiger partial charge in [0.05, 0.1) is 5.25 Å². The van der Waals surface area contributed by atoms with E-state index in [2.05, 4.69) is 25.5 Å². The number of hydrogen-bond donors (Lipinski definition) is 1. The van der Waals surface area contributed by atoms with Crippen LogP contribution in [0.3, 0.4) is 0 Å². The zero-order valence-corrected chi connectivity index (χ0v) is 9.45. The van der Waals surface area contributed by atoms with E-state index in [1.807, 2.05) is 0 Å². The highest BCUT2D eigenvalue weighted by atomic mass is 32.2. The molecule has 1 saturated heterocycles. The smallest absolute Gasteiger partial charge is 0.214 e. The molecule has 13 heavy (non-hydrogen) atoms. The third kappa shape index (κ3) is 3.27. The van der Waals surface area contributed by atoms with Gasteiger partial charge >= 0.3 is 0 Å². The van der Waals surface area contributed by atoms with Crippen LogP contribution in [0.15, 0.2) is 0 Å². The van der Waals surface area contributed by atoms with Gasteiger partial charge in [-0.15, -0.1) is 0 Å². The molecule has 1 rings (SSSR count). The van der Waals surface area contributed by atoms with Crippen LogP contribution in [0.2, 0.25) is 0 Å². The lowest BCUT2D eigenvalue weighted by Gasteiger charge is -2.28. The number of rotatable bonds is 1. The van der Waals surface area contributed by atoms with Gasteiger partial charge < -0.3 is 0 Å². The molecule has 0 radical (unpaired) electrons. The number of hydrogen-bond acceptors (Lipinski definition) is 2. The minimum absolute atomic E-state index is 0.0940. The van der Waals surface area contributed by atoms with Crippen LogP contribution in [0, 0.1) is 5.41 Å². The number of nitrogens with one attached hydrogen (secondary N) is 1. The lowest BCUT2D eigenvalue weighted by Crippen LogP contribution is -2.41. The summed E-state index contributed by atoms with van der Waals surface area (Å²) in [5.74, 6) is 0. The second kappa shape index (κ2) is 3.58. The summed E-state index contributed by atoms with van der Waals surface area (Å²) in [6, 6.07) is 0. The maximum absolute atomic E-state index is 11.5. The Morgan fingerprint density at radius 2 is 2.00 bits per heavy atom. The Bertz CT molecular complexity index is 264. The van der Waals surface area contributed by atoms with Crippen molar-refractivity contribution in [3.8, 4) is 0 Å². The summed E-state index contributed by atoms with van der Waals surface area (Å²) in [6.07, 6.45) is 2.54. The van der Waals surface area contributed by atoms with Gasteiger partial charge in [0.25, 0.3) is 0 Å². The van der Waals surface area contributed by atoms with E-state index in [-0.39, 0.29) is 10.7 Å². The molecular weight excluding hydrogens is 186 g/mol. The minimum atomic E-state index is -3.01. The van der Waals surface area contributed by atoms with Crippen LogP contribution in [-0.2, 0) is 10.0 Å². The maximum atomic E-state index is 11.5. The zero-order valence-electron chi connectivity index (χ0n) is 8.63. The summed E-state index contributed by atoms with van der Waals surface area (Å²) in [5, 5.41) is -0.179. The third-order valence-electron chi connectivity index (χ3n) is 2.28. The average Bonchev–Trinajstić information content (AvgIpc) is 1.91. The molecule has 0 bridgehead atoms. The summed E-state index contributed by atoms with van der Waals surface area (Å²) < 4.78 is 25.7. The molecule has 0 amide bonds. The van der Waals surface area contributed by atoms with E-state index in [1.54, 1.807) is 0 Å². The summed E-state index contributed by atoms with van der Waals surface area (Å²) in [6.45, 7) is 6.86. The lowest BCUT2D eigenvalue weighted by molar-refractivity contribution is 0.350. The molecular formula is C9H19NO2S. The zero-order chi connectivity index (χ0) is 10.1. The Morgan fingerprint density at radius 3 is 2.46 bits per heavy atom. The van der Waals surface area contributed by atoms with Crippen molar-refractivity contribution in [1.29, 1.82) is 0 Å². The standard InChI is InChI=1S/C9H19NO2S/c1-9(2,3)7-8-5-4-6-10-13(8,11)12/h8,10H,4-7H2,1-3H3. The van der Waals surface area contributed by atoms with E-state index in [1.165, 1.54) is 0 Å². The van der Waals surface area contributed by atoms with E-state index >= 15 is 0 Å². The molecule has 4 heteroatoms. The third-order valence-corrected chi connectivity index (χ3v) is 4.17. The molecule has 78 valence electrons. The first kappa shape index (κ1) is 11.0. The molecule has 0 aromatic rings. The summed E-state index contributed by atoms with van der Waals surface area (Å²) in [7, 11) is -3.01.